The summed E-state index contributed by atoms with van der Waals surface area (Å²) in [5, 5.41) is 2.89. The van der Waals surface area contributed by atoms with Gasteiger partial charge in [0.25, 0.3) is 0 Å². The maximum Gasteiger partial charge on any atom is 0.222 e. The minimum atomic E-state index is 0.0596. The van der Waals surface area contributed by atoms with Crippen LogP contribution in [-0.2, 0) is 9.53 Å². The lowest BCUT2D eigenvalue weighted by Crippen LogP contribution is -2.37. The number of rotatable bonds is 5. The van der Waals surface area contributed by atoms with Gasteiger partial charge in [0, 0.05) is 18.5 Å². The van der Waals surface area contributed by atoms with Crippen LogP contribution in [-0.4, -0.2) is 30.5 Å². The van der Waals surface area contributed by atoms with Gasteiger partial charge in [-0.15, -0.1) is 11.6 Å². The Hall–Kier alpha value is -0.280. The molecule has 1 fully saturated rings. The Morgan fingerprint density at radius 1 is 1.71 bits per heavy atom. The number of nitrogens with one attached hydrogen (secondary N) is 1. The first-order valence-corrected chi connectivity index (χ1v) is 5.76. The molecule has 1 rings (SSSR count). The summed E-state index contributed by atoms with van der Waals surface area (Å²) in [6, 6.07) is 0.102. The van der Waals surface area contributed by atoms with Gasteiger partial charge in [-0.05, 0) is 19.3 Å². The Kier molecular flexibility index (Phi) is 5.26. The molecule has 1 aliphatic rings. The van der Waals surface area contributed by atoms with E-state index >= 15 is 0 Å². The molecular weight excluding hydrogens is 202 g/mol. The number of carbonyl (C=O) groups excluding carboxylic acids is 1. The van der Waals surface area contributed by atoms with E-state index in [-0.39, 0.29) is 18.1 Å². The molecule has 0 radical (unpaired) electrons. The molecule has 0 aromatic rings. The number of hydrogen-bond donors (Lipinski definition) is 1. The van der Waals surface area contributed by atoms with Crippen molar-refractivity contribution in [3.05, 3.63) is 0 Å². The second-order valence-corrected chi connectivity index (χ2v) is 3.97. The molecule has 0 spiro atoms. The molecule has 0 aromatic carbocycles. The monoisotopic (exact) mass is 219 g/mol. The highest BCUT2D eigenvalue weighted by molar-refractivity contribution is 6.18. The fraction of sp³-hybridized carbons (Fsp3) is 0.900. The molecule has 3 nitrogen and oxygen atoms in total. The minimum absolute atomic E-state index is 0.0596. The van der Waals surface area contributed by atoms with Gasteiger partial charge in [-0.2, -0.15) is 0 Å². The zero-order chi connectivity index (χ0) is 10.4. The van der Waals surface area contributed by atoms with Crippen molar-refractivity contribution >= 4 is 17.5 Å². The van der Waals surface area contributed by atoms with Gasteiger partial charge in [0.1, 0.15) is 0 Å². The highest BCUT2D eigenvalue weighted by Gasteiger charge is 2.20. The molecule has 1 N–H and O–H groups in total. The molecule has 2 unspecified atom stereocenters. The molecule has 4 heteroatoms. The second kappa shape index (κ2) is 6.25. The third-order valence-electron chi connectivity index (χ3n) is 2.48. The molecule has 0 aliphatic carbocycles. The number of hydrogen-bond acceptors (Lipinski definition) is 2. The highest BCUT2D eigenvalue weighted by Crippen LogP contribution is 2.15. The summed E-state index contributed by atoms with van der Waals surface area (Å²) in [6.07, 6.45) is 3.56. The fourth-order valence-electron chi connectivity index (χ4n) is 1.55. The summed E-state index contributed by atoms with van der Waals surface area (Å²) < 4.78 is 5.38. The summed E-state index contributed by atoms with van der Waals surface area (Å²) in [5.74, 6) is 0.540. The fourth-order valence-corrected chi connectivity index (χ4v) is 1.84. The Labute approximate surface area is 90.1 Å². The van der Waals surface area contributed by atoms with E-state index in [9.17, 15) is 4.79 Å². The highest BCUT2D eigenvalue weighted by atomic mass is 35.5. The van der Waals surface area contributed by atoms with Crippen molar-refractivity contribution in [3.8, 4) is 0 Å². The zero-order valence-electron chi connectivity index (χ0n) is 8.59. The van der Waals surface area contributed by atoms with E-state index < -0.39 is 0 Å². The van der Waals surface area contributed by atoms with E-state index in [1.807, 2.05) is 6.92 Å². The molecule has 1 aliphatic heterocycles. The standard InChI is InChI=1S/C10H18ClNO2/c1-2-8(7-11)12-10(13)6-9-4-3-5-14-9/h8-9H,2-7H2,1H3,(H,12,13). The van der Waals surface area contributed by atoms with Crippen LogP contribution < -0.4 is 5.32 Å². The first-order valence-electron chi connectivity index (χ1n) is 5.23. The van der Waals surface area contributed by atoms with Gasteiger partial charge in [0.05, 0.1) is 12.5 Å². The van der Waals surface area contributed by atoms with Crippen molar-refractivity contribution in [2.75, 3.05) is 12.5 Å². The van der Waals surface area contributed by atoms with Crippen molar-refractivity contribution in [2.24, 2.45) is 0 Å². The van der Waals surface area contributed by atoms with Gasteiger partial charge >= 0.3 is 0 Å². The van der Waals surface area contributed by atoms with E-state index in [0.29, 0.717) is 12.3 Å². The van der Waals surface area contributed by atoms with E-state index in [1.54, 1.807) is 0 Å². The van der Waals surface area contributed by atoms with Crippen LogP contribution in [0.3, 0.4) is 0 Å². The lowest BCUT2D eigenvalue weighted by molar-refractivity contribution is -0.123. The predicted molar refractivity (Wildman–Crippen MR) is 56.5 cm³/mol. The zero-order valence-corrected chi connectivity index (χ0v) is 9.35. The summed E-state index contributed by atoms with van der Waals surface area (Å²) in [7, 11) is 0. The van der Waals surface area contributed by atoms with Gasteiger partial charge < -0.3 is 10.1 Å². The van der Waals surface area contributed by atoms with Crippen LogP contribution in [0.1, 0.15) is 32.6 Å². The molecule has 1 amide bonds. The Balaban J connectivity index is 2.20. The lowest BCUT2D eigenvalue weighted by atomic mass is 10.1. The second-order valence-electron chi connectivity index (χ2n) is 3.67. The van der Waals surface area contributed by atoms with Crippen LogP contribution >= 0.6 is 11.6 Å². The average molecular weight is 220 g/mol. The van der Waals surface area contributed by atoms with E-state index in [0.717, 1.165) is 25.9 Å². The topological polar surface area (TPSA) is 38.3 Å². The third kappa shape index (κ3) is 3.84. The Morgan fingerprint density at radius 3 is 3.00 bits per heavy atom. The molecule has 0 saturated carbocycles. The van der Waals surface area contributed by atoms with Crippen molar-refractivity contribution in [1.82, 2.24) is 5.32 Å². The lowest BCUT2D eigenvalue weighted by Gasteiger charge is -2.15. The average Bonchev–Trinajstić information content (AvgIpc) is 2.66. The molecule has 0 bridgehead atoms. The first-order chi connectivity index (χ1) is 6.76. The van der Waals surface area contributed by atoms with Gasteiger partial charge in [0.2, 0.25) is 5.91 Å². The molecule has 82 valence electrons. The minimum Gasteiger partial charge on any atom is -0.378 e. The molecule has 1 heterocycles. The van der Waals surface area contributed by atoms with Crippen LogP contribution in [0.4, 0.5) is 0 Å². The third-order valence-corrected chi connectivity index (χ3v) is 2.85. The molecule has 2 atom stereocenters. The van der Waals surface area contributed by atoms with Crippen LogP contribution in [0.5, 0.6) is 0 Å². The maximum atomic E-state index is 11.5. The summed E-state index contributed by atoms with van der Waals surface area (Å²) in [4.78, 5) is 11.5. The number of amides is 1. The van der Waals surface area contributed by atoms with Crippen molar-refractivity contribution in [2.45, 2.75) is 44.8 Å². The summed E-state index contributed by atoms with van der Waals surface area (Å²) in [6.45, 7) is 2.81. The summed E-state index contributed by atoms with van der Waals surface area (Å²) in [5.41, 5.74) is 0. The van der Waals surface area contributed by atoms with Crippen molar-refractivity contribution in [1.29, 1.82) is 0 Å². The van der Waals surface area contributed by atoms with Gasteiger partial charge in [-0.1, -0.05) is 6.92 Å². The van der Waals surface area contributed by atoms with Crippen LogP contribution in [0.15, 0.2) is 0 Å². The van der Waals surface area contributed by atoms with E-state index in [4.69, 9.17) is 16.3 Å². The first kappa shape index (κ1) is 11.8. The molecular formula is C10H18ClNO2. The van der Waals surface area contributed by atoms with Crippen LogP contribution in [0, 0.1) is 0 Å². The van der Waals surface area contributed by atoms with Crippen LogP contribution in [0.2, 0.25) is 0 Å². The number of halogens is 1. The normalized spacial score (nSPS) is 23.4. The van der Waals surface area contributed by atoms with Gasteiger partial charge in [0.15, 0.2) is 0 Å². The number of ether oxygens (including phenoxy) is 1. The maximum absolute atomic E-state index is 11.5. The molecule has 1 saturated heterocycles. The SMILES string of the molecule is CCC(CCl)NC(=O)CC1CCCO1. The van der Waals surface area contributed by atoms with E-state index in [1.165, 1.54) is 0 Å². The summed E-state index contributed by atoms with van der Waals surface area (Å²) >= 11 is 5.68. The number of alkyl halides is 1. The van der Waals surface area contributed by atoms with Gasteiger partial charge in [-0.3, -0.25) is 4.79 Å². The predicted octanol–water partition coefficient (Wildman–Crippen LogP) is 1.69. The molecule has 0 aromatic heterocycles. The largest absolute Gasteiger partial charge is 0.378 e. The Morgan fingerprint density at radius 2 is 2.50 bits per heavy atom. The van der Waals surface area contributed by atoms with E-state index in [2.05, 4.69) is 5.32 Å². The smallest absolute Gasteiger partial charge is 0.222 e. The van der Waals surface area contributed by atoms with Crippen molar-refractivity contribution < 1.29 is 9.53 Å². The molecule has 14 heavy (non-hydrogen) atoms. The quantitative estimate of drug-likeness (QED) is 0.715. The van der Waals surface area contributed by atoms with Crippen LogP contribution in [0.25, 0.3) is 0 Å². The van der Waals surface area contributed by atoms with Gasteiger partial charge in [-0.25, -0.2) is 0 Å². The number of carbonyl (C=O) groups is 1. The Bertz CT molecular complexity index is 171. The van der Waals surface area contributed by atoms with Crippen molar-refractivity contribution in [3.63, 3.8) is 0 Å².